The third-order valence-electron chi connectivity index (χ3n) is 8.45. The molecule has 0 N–H and O–H groups in total. The van der Waals surface area contributed by atoms with Crippen LogP contribution in [0, 0.1) is 16.7 Å². The zero-order valence-corrected chi connectivity index (χ0v) is 26.4. The van der Waals surface area contributed by atoms with Gasteiger partial charge in [-0.2, -0.15) is 15.2 Å². The minimum absolute atomic E-state index is 0.0313. The molecule has 1 fully saturated rings. The normalized spacial score (nSPS) is 17.4. The number of carbonyl (C=O) groups is 1. The Kier molecular flexibility index (Phi) is 8.18. The number of amides is 1. The largest absolute Gasteiger partial charge is 0.463 e. The van der Waals surface area contributed by atoms with Crippen molar-refractivity contribution >= 4 is 49.6 Å². The van der Waals surface area contributed by atoms with Gasteiger partial charge in [-0.25, -0.2) is 12.8 Å². The molecule has 0 saturated heterocycles. The number of fused-ring (bicyclic) bond motifs is 2. The summed E-state index contributed by atoms with van der Waals surface area (Å²) < 4.78 is 44.0. The molecule has 0 spiro atoms. The molecule has 3 aliphatic rings. The van der Waals surface area contributed by atoms with Gasteiger partial charge >= 0.3 is 6.01 Å². The van der Waals surface area contributed by atoms with Crippen molar-refractivity contribution < 1.29 is 22.3 Å². The van der Waals surface area contributed by atoms with E-state index in [1.807, 2.05) is 47.4 Å². The second-order valence-electron chi connectivity index (χ2n) is 11.9. The molecule has 6 rings (SSSR count). The van der Waals surface area contributed by atoms with Gasteiger partial charge in [0.15, 0.2) is 5.83 Å². The maximum Gasteiger partial charge on any atom is 0.318 e. The van der Waals surface area contributed by atoms with Crippen molar-refractivity contribution in [1.29, 1.82) is 5.26 Å². The summed E-state index contributed by atoms with van der Waals surface area (Å²) in [4.78, 5) is 27.3. The molecule has 45 heavy (non-hydrogen) atoms. The molecule has 0 atom stereocenters. The second-order valence-corrected chi connectivity index (χ2v) is 14.5. The molecule has 2 aliphatic heterocycles. The molecule has 10 nitrogen and oxygen atoms in total. The molecule has 13 heteroatoms. The van der Waals surface area contributed by atoms with Crippen LogP contribution in [0.4, 0.5) is 15.9 Å². The highest BCUT2D eigenvalue weighted by molar-refractivity contribution is 7.90. The Balaban J connectivity index is 1.38. The molecule has 0 bridgehead atoms. The molecule has 3 aromatic rings. The lowest BCUT2D eigenvalue weighted by molar-refractivity contribution is -0.126. The molecular formula is C32H32ClFN6O4S. The Morgan fingerprint density at radius 3 is 2.62 bits per heavy atom. The topological polar surface area (TPSA) is 120 Å². The smallest absolute Gasteiger partial charge is 0.318 e. The maximum atomic E-state index is 13.8. The van der Waals surface area contributed by atoms with Crippen LogP contribution >= 0.6 is 11.6 Å². The zero-order valence-electron chi connectivity index (χ0n) is 24.8. The standard InChI is InChI=1S/C32H32ClFN6O4S/c1-21(34)30(41)40-16-15-39(17-23(40)9-13-35)29-24-10-14-38(27-8-4-6-22-5-3-7-25(33)28(22)27)18-26(24)36-31(37-29)44-19-32(11-12-32)20-45(2,42)43/h3-8,17H,1,9-12,14-16,18-20H2,2H3. The van der Waals surface area contributed by atoms with E-state index >= 15 is 0 Å². The fourth-order valence-corrected chi connectivity index (χ4v) is 7.91. The molecule has 0 radical (unpaired) electrons. The number of nitrogens with zero attached hydrogens (tertiary/aromatic N) is 6. The van der Waals surface area contributed by atoms with E-state index in [2.05, 4.69) is 11.5 Å². The van der Waals surface area contributed by atoms with Crippen LogP contribution in [-0.2, 0) is 27.6 Å². The Labute approximate surface area is 266 Å². The number of allylic oxidation sites excluding steroid dienone is 1. The first-order valence-electron chi connectivity index (χ1n) is 14.6. The Hall–Kier alpha value is -4.21. The molecule has 1 amide bonds. The van der Waals surface area contributed by atoms with Gasteiger partial charge in [-0.15, -0.1) is 0 Å². The number of nitriles is 1. The van der Waals surface area contributed by atoms with Gasteiger partial charge in [-0.05, 0) is 36.8 Å². The van der Waals surface area contributed by atoms with E-state index in [0.717, 1.165) is 40.6 Å². The van der Waals surface area contributed by atoms with Crippen molar-refractivity contribution in [2.75, 3.05) is 48.0 Å². The molecule has 1 aliphatic carbocycles. The van der Waals surface area contributed by atoms with Gasteiger partial charge < -0.3 is 19.4 Å². The molecule has 3 heterocycles. The van der Waals surface area contributed by atoms with Gasteiger partial charge in [-0.1, -0.05) is 42.4 Å². The van der Waals surface area contributed by atoms with Crippen molar-refractivity contribution in [2.45, 2.75) is 32.2 Å². The Morgan fingerprint density at radius 2 is 1.93 bits per heavy atom. The first kappa shape index (κ1) is 30.8. The summed E-state index contributed by atoms with van der Waals surface area (Å²) in [6.45, 7) is 4.80. The molecule has 0 unspecified atom stereocenters. The molecule has 234 valence electrons. The number of rotatable bonds is 9. The van der Waals surface area contributed by atoms with Gasteiger partial charge in [0, 0.05) is 54.1 Å². The number of anilines is 2. The van der Waals surface area contributed by atoms with Crippen molar-refractivity contribution in [3.8, 4) is 12.1 Å². The predicted octanol–water partition coefficient (Wildman–Crippen LogP) is 4.94. The molecule has 1 aromatic heterocycles. The average molecular weight is 651 g/mol. The highest BCUT2D eigenvalue weighted by Gasteiger charge is 2.46. The lowest BCUT2D eigenvalue weighted by Crippen LogP contribution is -2.43. The van der Waals surface area contributed by atoms with Crippen LogP contribution in [-0.4, -0.2) is 67.4 Å². The summed E-state index contributed by atoms with van der Waals surface area (Å²) in [6, 6.07) is 14.0. The van der Waals surface area contributed by atoms with Crippen molar-refractivity contribution in [3.05, 3.63) is 77.0 Å². The summed E-state index contributed by atoms with van der Waals surface area (Å²) in [7, 11) is -3.20. The fourth-order valence-electron chi connectivity index (χ4n) is 6.15. The van der Waals surface area contributed by atoms with Crippen LogP contribution in [0.25, 0.3) is 10.8 Å². The first-order chi connectivity index (χ1) is 21.5. The minimum atomic E-state index is -3.20. The third kappa shape index (κ3) is 6.46. The van der Waals surface area contributed by atoms with Crippen molar-refractivity contribution in [3.63, 3.8) is 0 Å². The van der Waals surface area contributed by atoms with E-state index in [1.165, 1.54) is 11.2 Å². The summed E-state index contributed by atoms with van der Waals surface area (Å²) in [6.07, 6.45) is 4.82. The van der Waals surface area contributed by atoms with E-state index in [4.69, 9.17) is 26.3 Å². The average Bonchev–Trinajstić information content (AvgIpc) is 3.76. The third-order valence-corrected chi connectivity index (χ3v) is 9.91. The number of hydrogen-bond acceptors (Lipinski definition) is 9. The van der Waals surface area contributed by atoms with E-state index in [9.17, 15) is 22.9 Å². The van der Waals surface area contributed by atoms with Gasteiger partial charge in [0.25, 0.3) is 5.91 Å². The monoisotopic (exact) mass is 650 g/mol. The zero-order chi connectivity index (χ0) is 31.9. The van der Waals surface area contributed by atoms with Crippen LogP contribution in [0.1, 0.15) is 30.5 Å². The quantitative estimate of drug-likeness (QED) is 0.297. The number of sulfone groups is 1. The Morgan fingerprint density at radius 1 is 1.18 bits per heavy atom. The number of halogens is 2. The van der Waals surface area contributed by atoms with Crippen LogP contribution in [0.15, 0.2) is 60.7 Å². The van der Waals surface area contributed by atoms with Gasteiger partial charge in [0.2, 0.25) is 0 Å². The molecule has 2 aromatic carbocycles. The summed E-state index contributed by atoms with van der Waals surface area (Å²) in [5.41, 5.74) is 2.48. The minimum Gasteiger partial charge on any atom is -0.463 e. The summed E-state index contributed by atoms with van der Waals surface area (Å²) in [5, 5.41) is 12.1. The number of ether oxygens (including phenoxy) is 1. The van der Waals surface area contributed by atoms with Gasteiger partial charge in [-0.3, -0.25) is 4.79 Å². The van der Waals surface area contributed by atoms with Crippen LogP contribution in [0.3, 0.4) is 0 Å². The predicted molar refractivity (Wildman–Crippen MR) is 170 cm³/mol. The van der Waals surface area contributed by atoms with E-state index < -0.39 is 27.0 Å². The Bertz CT molecular complexity index is 1880. The van der Waals surface area contributed by atoms with Gasteiger partial charge in [0.1, 0.15) is 15.7 Å². The fraction of sp³-hybridized carbons (Fsp3) is 0.375. The summed E-state index contributed by atoms with van der Waals surface area (Å²) in [5.74, 6) is -1.38. The van der Waals surface area contributed by atoms with Crippen LogP contribution in [0.2, 0.25) is 5.02 Å². The van der Waals surface area contributed by atoms with E-state index in [-0.39, 0.29) is 37.9 Å². The number of aromatic nitrogens is 2. The van der Waals surface area contributed by atoms with E-state index in [1.54, 1.807) is 6.20 Å². The SMILES string of the molecule is C=C(F)C(=O)N1CCN(c2nc(OCC3(CS(C)(=O)=O)CC3)nc3c2CCN(c2cccc4cccc(Cl)c24)C3)C=C1CC#N. The number of hydrogen-bond donors (Lipinski definition) is 0. The lowest BCUT2D eigenvalue weighted by Gasteiger charge is -2.36. The number of benzene rings is 2. The van der Waals surface area contributed by atoms with Crippen molar-refractivity contribution in [1.82, 2.24) is 14.9 Å². The molecular weight excluding hydrogens is 619 g/mol. The summed E-state index contributed by atoms with van der Waals surface area (Å²) >= 11 is 6.65. The van der Waals surface area contributed by atoms with E-state index in [0.29, 0.717) is 36.0 Å². The maximum absolute atomic E-state index is 13.8. The van der Waals surface area contributed by atoms with Crippen LogP contribution in [0.5, 0.6) is 6.01 Å². The van der Waals surface area contributed by atoms with Crippen molar-refractivity contribution in [2.24, 2.45) is 5.41 Å². The first-order valence-corrected chi connectivity index (χ1v) is 17.0. The second kappa shape index (κ2) is 11.9. The lowest BCUT2D eigenvalue weighted by atomic mass is 10.0. The van der Waals surface area contributed by atoms with Gasteiger partial charge in [0.05, 0.1) is 47.8 Å². The van der Waals surface area contributed by atoms with Crippen LogP contribution < -0.4 is 14.5 Å². The number of carbonyl (C=O) groups excluding carboxylic acids is 1. The highest BCUT2D eigenvalue weighted by Crippen LogP contribution is 2.47. The highest BCUT2D eigenvalue weighted by atomic mass is 35.5. The molecule has 1 saturated carbocycles.